The smallest absolute Gasteiger partial charge is 0.225 e. The van der Waals surface area contributed by atoms with Crippen molar-refractivity contribution in [3.63, 3.8) is 0 Å². The lowest BCUT2D eigenvalue weighted by atomic mass is 9.95. The second-order valence-corrected chi connectivity index (χ2v) is 6.26. The summed E-state index contributed by atoms with van der Waals surface area (Å²) in [6.45, 7) is 6.77. The third-order valence-electron chi connectivity index (χ3n) is 3.66. The van der Waals surface area contributed by atoms with Crippen LogP contribution in [0.15, 0.2) is 10.9 Å². The monoisotopic (exact) mass is 277 g/mol. The third kappa shape index (κ3) is 2.71. The molecule has 1 aliphatic heterocycles. The second-order valence-electron chi connectivity index (χ2n) is 6.26. The maximum Gasteiger partial charge on any atom is 0.225 e. The number of amides is 1. The first-order valence-corrected chi connectivity index (χ1v) is 7.06. The van der Waals surface area contributed by atoms with Crippen molar-refractivity contribution in [1.29, 1.82) is 0 Å². The second kappa shape index (κ2) is 5.31. The number of rotatable bonds is 3. The van der Waals surface area contributed by atoms with Crippen molar-refractivity contribution < 1.29 is 4.79 Å². The number of aromatic nitrogens is 1. The van der Waals surface area contributed by atoms with Crippen LogP contribution in [0.5, 0.6) is 0 Å². The van der Waals surface area contributed by atoms with Crippen molar-refractivity contribution in [2.75, 3.05) is 12.4 Å². The Morgan fingerprint density at radius 1 is 1.40 bits per heavy atom. The van der Waals surface area contributed by atoms with Crippen molar-refractivity contribution in [2.45, 2.75) is 46.7 Å². The van der Waals surface area contributed by atoms with Crippen molar-refractivity contribution in [1.82, 2.24) is 9.88 Å². The highest BCUT2D eigenvalue weighted by atomic mass is 16.2. The number of anilines is 1. The maximum absolute atomic E-state index is 12.2. The minimum atomic E-state index is -0.452. The molecule has 0 unspecified atom stereocenters. The number of hydrogen-bond acceptors (Lipinski definition) is 3. The summed E-state index contributed by atoms with van der Waals surface area (Å²) in [5.41, 5.74) is 1.25. The molecule has 1 amide bonds. The Morgan fingerprint density at radius 2 is 2.10 bits per heavy atom. The van der Waals surface area contributed by atoms with Crippen LogP contribution in [0.3, 0.4) is 0 Å². The number of nitrogens with zero attached hydrogens (tertiary/aromatic N) is 1. The Balaban J connectivity index is 2.29. The first-order valence-electron chi connectivity index (χ1n) is 7.06. The fourth-order valence-corrected chi connectivity index (χ4v) is 2.51. The van der Waals surface area contributed by atoms with Gasteiger partial charge in [-0.3, -0.25) is 9.59 Å². The summed E-state index contributed by atoms with van der Waals surface area (Å²) in [6, 6.07) is 1.70. The third-order valence-corrected chi connectivity index (χ3v) is 3.66. The summed E-state index contributed by atoms with van der Waals surface area (Å²) in [4.78, 5) is 24.2. The molecule has 5 nitrogen and oxygen atoms in total. The molecule has 1 aromatic heterocycles. The maximum atomic E-state index is 12.2. The molecule has 0 saturated carbocycles. The molecule has 0 aliphatic carbocycles. The van der Waals surface area contributed by atoms with E-state index >= 15 is 0 Å². The molecule has 2 heterocycles. The van der Waals surface area contributed by atoms with Gasteiger partial charge in [-0.05, 0) is 12.8 Å². The average Bonchev–Trinajstić information content (AvgIpc) is 2.81. The van der Waals surface area contributed by atoms with Gasteiger partial charge in [0.15, 0.2) is 5.43 Å². The lowest BCUT2D eigenvalue weighted by Gasteiger charge is -2.20. The van der Waals surface area contributed by atoms with E-state index in [1.165, 1.54) is 0 Å². The minimum Gasteiger partial charge on any atom is -0.374 e. The van der Waals surface area contributed by atoms with E-state index in [9.17, 15) is 9.59 Å². The van der Waals surface area contributed by atoms with Gasteiger partial charge in [-0.1, -0.05) is 20.8 Å². The fraction of sp³-hybridized carbons (Fsp3) is 0.600. The summed E-state index contributed by atoms with van der Waals surface area (Å²) in [7, 11) is 1.81. The van der Waals surface area contributed by atoms with E-state index in [-0.39, 0.29) is 17.9 Å². The number of fused-ring (bicyclic) bond motifs is 1. The van der Waals surface area contributed by atoms with Crippen molar-refractivity contribution in [3.8, 4) is 0 Å². The van der Waals surface area contributed by atoms with E-state index in [4.69, 9.17) is 0 Å². The molecule has 0 spiro atoms. The molecular weight excluding hydrogens is 254 g/mol. The van der Waals surface area contributed by atoms with Gasteiger partial charge in [0.05, 0.1) is 12.1 Å². The van der Waals surface area contributed by atoms with E-state index in [2.05, 4.69) is 15.2 Å². The standard InChI is InChI=1S/C15H23N3O2/c1-15(2,3)14(20)17-9-11-12(19)8-10-6-5-7-18(10)13(11)16-4/h8,16H,5-7,9H2,1-4H3,(H,17,20). The van der Waals surface area contributed by atoms with E-state index in [1.807, 2.05) is 27.8 Å². The summed E-state index contributed by atoms with van der Waals surface area (Å²) < 4.78 is 2.14. The van der Waals surface area contributed by atoms with E-state index in [0.29, 0.717) is 5.56 Å². The zero-order valence-electron chi connectivity index (χ0n) is 12.7. The zero-order chi connectivity index (χ0) is 14.9. The highest BCUT2D eigenvalue weighted by molar-refractivity contribution is 5.81. The van der Waals surface area contributed by atoms with Gasteiger partial charge in [0, 0.05) is 30.8 Å². The zero-order valence-corrected chi connectivity index (χ0v) is 12.7. The van der Waals surface area contributed by atoms with Crippen molar-refractivity contribution in [2.24, 2.45) is 5.41 Å². The summed E-state index contributed by atoms with van der Waals surface area (Å²) in [5, 5.41) is 5.96. The van der Waals surface area contributed by atoms with Gasteiger partial charge >= 0.3 is 0 Å². The summed E-state index contributed by atoms with van der Waals surface area (Å²) in [5.74, 6) is 0.781. The average molecular weight is 277 g/mol. The lowest BCUT2D eigenvalue weighted by Crippen LogP contribution is -2.36. The van der Waals surface area contributed by atoms with Gasteiger partial charge in [-0.2, -0.15) is 0 Å². The van der Waals surface area contributed by atoms with Gasteiger partial charge in [0.25, 0.3) is 0 Å². The Kier molecular flexibility index (Phi) is 3.88. The molecule has 20 heavy (non-hydrogen) atoms. The van der Waals surface area contributed by atoms with Gasteiger partial charge in [0.1, 0.15) is 5.82 Å². The lowest BCUT2D eigenvalue weighted by molar-refractivity contribution is -0.128. The van der Waals surface area contributed by atoms with Crippen LogP contribution in [0.2, 0.25) is 0 Å². The molecule has 0 radical (unpaired) electrons. The fourth-order valence-electron chi connectivity index (χ4n) is 2.51. The topological polar surface area (TPSA) is 63.1 Å². The largest absolute Gasteiger partial charge is 0.374 e. The van der Waals surface area contributed by atoms with Crippen LogP contribution in [0.25, 0.3) is 0 Å². The van der Waals surface area contributed by atoms with Crippen LogP contribution in [0.1, 0.15) is 38.4 Å². The number of pyridine rings is 1. The minimum absolute atomic E-state index is 0.00305. The Labute approximate surface area is 119 Å². The number of carbonyl (C=O) groups is 1. The number of hydrogen-bond donors (Lipinski definition) is 2. The Bertz CT molecular complexity index is 582. The molecule has 0 aromatic carbocycles. The van der Waals surface area contributed by atoms with Crippen LogP contribution in [0.4, 0.5) is 5.82 Å². The van der Waals surface area contributed by atoms with Gasteiger partial charge in [0.2, 0.25) is 5.91 Å². The van der Waals surface area contributed by atoms with Crippen LogP contribution in [-0.4, -0.2) is 17.5 Å². The van der Waals surface area contributed by atoms with Crippen molar-refractivity contribution >= 4 is 11.7 Å². The first-order chi connectivity index (χ1) is 9.34. The van der Waals surface area contributed by atoms with Crippen LogP contribution >= 0.6 is 0 Å². The molecular formula is C15H23N3O2. The summed E-state index contributed by atoms with van der Waals surface area (Å²) >= 11 is 0. The summed E-state index contributed by atoms with van der Waals surface area (Å²) in [6.07, 6.45) is 2.00. The molecule has 0 fully saturated rings. The van der Waals surface area contributed by atoms with Crippen LogP contribution < -0.4 is 16.1 Å². The van der Waals surface area contributed by atoms with E-state index < -0.39 is 5.41 Å². The highest BCUT2D eigenvalue weighted by Gasteiger charge is 2.23. The van der Waals surface area contributed by atoms with Crippen LogP contribution in [0, 0.1) is 5.41 Å². The SMILES string of the molecule is CNc1c(CNC(=O)C(C)(C)C)c(=O)cc2n1CCC2. The molecule has 2 N–H and O–H groups in total. The van der Waals surface area contributed by atoms with Gasteiger partial charge in [-0.25, -0.2) is 0 Å². The normalized spacial score (nSPS) is 14.0. The molecule has 5 heteroatoms. The highest BCUT2D eigenvalue weighted by Crippen LogP contribution is 2.22. The number of carbonyl (C=O) groups excluding carboxylic acids is 1. The number of nitrogens with one attached hydrogen (secondary N) is 2. The molecule has 110 valence electrons. The molecule has 1 aliphatic rings. The number of aryl methyl sites for hydroxylation is 1. The Morgan fingerprint density at radius 3 is 2.70 bits per heavy atom. The van der Waals surface area contributed by atoms with Gasteiger partial charge in [-0.15, -0.1) is 0 Å². The van der Waals surface area contributed by atoms with Crippen molar-refractivity contribution in [3.05, 3.63) is 27.5 Å². The molecule has 0 bridgehead atoms. The van der Waals surface area contributed by atoms with Gasteiger partial charge < -0.3 is 15.2 Å². The van der Waals surface area contributed by atoms with Crippen LogP contribution in [-0.2, 0) is 24.3 Å². The predicted octanol–water partition coefficient (Wildman–Crippen LogP) is 1.50. The first kappa shape index (κ1) is 14.6. The van der Waals surface area contributed by atoms with E-state index in [0.717, 1.165) is 30.9 Å². The molecule has 0 atom stereocenters. The Hall–Kier alpha value is -1.78. The molecule has 2 rings (SSSR count). The van der Waals surface area contributed by atoms with E-state index in [1.54, 1.807) is 6.07 Å². The quantitative estimate of drug-likeness (QED) is 0.880. The predicted molar refractivity (Wildman–Crippen MR) is 79.9 cm³/mol. The molecule has 1 aromatic rings. The molecule has 0 saturated heterocycles.